The summed E-state index contributed by atoms with van der Waals surface area (Å²) >= 11 is 0. The highest BCUT2D eigenvalue weighted by Gasteiger charge is 2.30. The van der Waals surface area contributed by atoms with Gasteiger partial charge in [0, 0.05) is 13.0 Å². The Kier molecular flexibility index (Phi) is 4.39. The lowest BCUT2D eigenvalue weighted by Gasteiger charge is -2.29. The van der Waals surface area contributed by atoms with E-state index in [2.05, 4.69) is 0 Å². The van der Waals surface area contributed by atoms with Crippen molar-refractivity contribution in [1.82, 2.24) is 4.90 Å². The first-order valence-corrected chi connectivity index (χ1v) is 7.54. The maximum Gasteiger partial charge on any atom is 0.223 e. The number of aliphatic hydroxyl groups excluding tert-OH is 1. The molecule has 3 nitrogen and oxygen atoms in total. The van der Waals surface area contributed by atoms with Crippen molar-refractivity contribution in [3.63, 3.8) is 0 Å². The van der Waals surface area contributed by atoms with Gasteiger partial charge in [-0.1, -0.05) is 30.3 Å². The third kappa shape index (κ3) is 3.10. The molecule has 1 aliphatic heterocycles. The van der Waals surface area contributed by atoms with Gasteiger partial charge in [-0.25, -0.2) is 8.78 Å². The Morgan fingerprint density at radius 1 is 1.04 bits per heavy atom. The summed E-state index contributed by atoms with van der Waals surface area (Å²) < 4.78 is 26.9. The molecule has 0 spiro atoms. The summed E-state index contributed by atoms with van der Waals surface area (Å²) in [5, 5.41) is 9.15. The van der Waals surface area contributed by atoms with Crippen molar-refractivity contribution in [3.05, 3.63) is 70.8 Å². The number of carbonyl (C=O) groups is 1. The molecule has 2 aromatic rings. The molecule has 1 atom stereocenters. The highest BCUT2D eigenvalue weighted by molar-refractivity contribution is 5.79. The fraction of sp³-hybridized carbons (Fsp3) is 0.278. The molecule has 1 unspecified atom stereocenters. The van der Waals surface area contributed by atoms with E-state index in [1.807, 2.05) is 12.1 Å². The molecule has 2 aromatic carbocycles. The molecule has 1 N–H and O–H groups in total. The Morgan fingerprint density at radius 2 is 1.74 bits per heavy atom. The number of nitrogens with zero attached hydrogens (tertiary/aromatic N) is 1. The topological polar surface area (TPSA) is 40.5 Å². The van der Waals surface area contributed by atoms with Crippen LogP contribution in [0.3, 0.4) is 0 Å². The van der Waals surface area contributed by atoms with Crippen molar-refractivity contribution in [3.8, 4) is 0 Å². The number of aliphatic hydroxyl groups is 1. The van der Waals surface area contributed by atoms with E-state index >= 15 is 0 Å². The van der Waals surface area contributed by atoms with Gasteiger partial charge in [0.25, 0.3) is 0 Å². The van der Waals surface area contributed by atoms with E-state index in [-0.39, 0.29) is 12.5 Å². The van der Waals surface area contributed by atoms with Crippen molar-refractivity contribution >= 4 is 5.91 Å². The van der Waals surface area contributed by atoms with E-state index in [1.54, 1.807) is 17.0 Å². The van der Waals surface area contributed by atoms with Crippen LogP contribution in [0.4, 0.5) is 8.78 Å². The van der Waals surface area contributed by atoms with Crippen LogP contribution >= 0.6 is 0 Å². The predicted octanol–water partition coefficient (Wildman–Crippen LogP) is 3.17. The average Bonchev–Trinajstić information content (AvgIpc) is 2.98. The molecule has 5 heteroatoms. The number of hydrogen-bond acceptors (Lipinski definition) is 2. The molecule has 23 heavy (non-hydrogen) atoms. The highest BCUT2D eigenvalue weighted by Crippen LogP contribution is 2.33. The smallest absolute Gasteiger partial charge is 0.223 e. The van der Waals surface area contributed by atoms with Crippen molar-refractivity contribution < 1.29 is 18.7 Å². The minimum absolute atomic E-state index is 0.00553. The second-order valence-electron chi connectivity index (χ2n) is 5.67. The van der Waals surface area contributed by atoms with Gasteiger partial charge in [0.15, 0.2) is 11.6 Å². The molecule has 1 heterocycles. The molecule has 0 radical (unpaired) electrons. The largest absolute Gasteiger partial charge is 0.392 e. The van der Waals surface area contributed by atoms with Crippen molar-refractivity contribution in [2.45, 2.75) is 25.5 Å². The number of amides is 1. The number of rotatable bonds is 4. The van der Waals surface area contributed by atoms with E-state index in [4.69, 9.17) is 5.11 Å². The fourth-order valence-electron chi connectivity index (χ4n) is 2.98. The van der Waals surface area contributed by atoms with Crippen LogP contribution < -0.4 is 0 Å². The summed E-state index contributed by atoms with van der Waals surface area (Å²) in [5.41, 5.74) is 2.10. The van der Waals surface area contributed by atoms with Crippen molar-refractivity contribution in [1.29, 1.82) is 0 Å². The number of hydrogen-bond donors (Lipinski definition) is 1. The van der Waals surface area contributed by atoms with Gasteiger partial charge >= 0.3 is 0 Å². The monoisotopic (exact) mass is 317 g/mol. The summed E-state index contributed by atoms with van der Waals surface area (Å²) in [7, 11) is 0. The molecule has 1 aliphatic rings. The van der Waals surface area contributed by atoms with Gasteiger partial charge in [-0.05, 0) is 35.2 Å². The fourth-order valence-corrected chi connectivity index (χ4v) is 2.98. The molecule has 120 valence electrons. The maximum atomic E-state index is 13.6. The first kappa shape index (κ1) is 15.6. The Hall–Kier alpha value is -2.27. The molecule has 0 aromatic heterocycles. The minimum atomic E-state index is -0.925. The Labute approximate surface area is 133 Å². The van der Waals surface area contributed by atoms with Crippen molar-refractivity contribution in [2.24, 2.45) is 0 Å². The zero-order valence-corrected chi connectivity index (χ0v) is 12.5. The average molecular weight is 317 g/mol. The van der Waals surface area contributed by atoms with Gasteiger partial charge in [-0.3, -0.25) is 4.79 Å². The van der Waals surface area contributed by atoms with Gasteiger partial charge in [0.1, 0.15) is 0 Å². The second-order valence-corrected chi connectivity index (χ2v) is 5.67. The molecule has 1 amide bonds. The third-order valence-electron chi connectivity index (χ3n) is 4.16. The normalized spacial score (nSPS) is 16.0. The molecule has 0 saturated carbocycles. The predicted molar refractivity (Wildman–Crippen MR) is 81.5 cm³/mol. The van der Waals surface area contributed by atoms with E-state index in [9.17, 15) is 13.6 Å². The Bertz CT molecular complexity index is 715. The van der Waals surface area contributed by atoms with Crippen LogP contribution in [-0.4, -0.2) is 22.5 Å². The van der Waals surface area contributed by atoms with E-state index < -0.39 is 17.7 Å². The molecular weight excluding hydrogens is 300 g/mol. The van der Waals surface area contributed by atoms with Crippen LogP contribution in [0.2, 0.25) is 0 Å². The van der Waals surface area contributed by atoms with Crippen LogP contribution in [0, 0.1) is 11.6 Å². The lowest BCUT2D eigenvalue weighted by atomic mass is 9.96. The van der Waals surface area contributed by atoms with Gasteiger partial charge in [0.05, 0.1) is 12.6 Å². The van der Waals surface area contributed by atoms with Crippen LogP contribution in [0.5, 0.6) is 0 Å². The Balaban J connectivity index is 2.05. The maximum absolute atomic E-state index is 13.6. The van der Waals surface area contributed by atoms with E-state index in [0.717, 1.165) is 29.7 Å². The molecule has 0 aliphatic carbocycles. The summed E-state index contributed by atoms with van der Waals surface area (Å²) in [4.78, 5) is 13.9. The van der Waals surface area contributed by atoms with Crippen LogP contribution in [-0.2, 0) is 11.4 Å². The van der Waals surface area contributed by atoms with Gasteiger partial charge in [0.2, 0.25) is 5.91 Å². The van der Waals surface area contributed by atoms with Gasteiger partial charge < -0.3 is 10.0 Å². The zero-order valence-electron chi connectivity index (χ0n) is 12.5. The first-order valence-electron chi connectivity index (χ1n) is 7.54. The minimum Gasteiger partial charge on any atom is -0.392 e. The first-order chi connectivity index (χ1) is 11.1. The molecular formula is C18H17F2NO2. The number of carbonyl (C=O) groups excluding carboxylic acids is 1. The number of benzene rings is 2. The third-order valence-corrected chi connectivity index (χ3v) is 4.16. The summed E-state index contributed by atoms with van der Waals surface area (Å²) in [6.45, 7) is 0.517. The number of halogens is 2. The highest BCUT2D eigenvalue weighted by atomic mass is 19.2. The lowest BCUT2D eigenvalue weighted by molar-refractivity contribution is -0.129. The van der Waals surface area contributed by atoms with E-state index in [1.165, 1.54) is 6.07 Å². The quantitative estimate of drug-likeness (QED) is 0.941. The SMILES string of the molecule is O=C1CCCN1C(c1ccc(CO)cc1)c1ccc(F)c(F)c1. The number of likely N-dealkylation sites (tertiary alicyclic amines) is 1. The van der Waals surface area contributed by atoms with Crippen LogP contribution in [0.15, 0.2) is 42.5 Å². The molecule has 3 rings (SSSR count). The lowest BCUT2D eigenvalue weighted by Crippen LogP contribution is -2.30. The van der Waals surface area contributed by atoms with Crippen LogP contribution in [0.1, 0.15) is 35.6 Å². The summed E-state index contributed by atoms with van der Waals surface area (Å²) in [6, 6.07) is 10.4. The summed E-state index contributed by atoms with van der Waals surface area (Å²) in [5.74, 6) is -1.83. The summed E-state index contributed by atoms with van der Waals surface area (Å²) in [6.07, 6.45) is 1.22. The van der Waals surface area contributed by atoms with Crippen molar-refractivity contribution in [2.75, 3.05) is 6.54 Å². The van der Waals surface area contributed by atoms with Gasteiger partial charge in [-0.2, -0.15) is 0 Å². The van der Waals surface area contributed by atoms with Gasteiger partial charge in [-0.15, -0.1) is 0 Å². The second kappa shape index (κ2) is 6.46. The molecule has 1 saturated heterocycles. The zero-order chi connectivity index (χ0) is 16.4. The van der Waals surface area contributed by atoms with E-state index in [0.29, 0.717) is 18.5 Å². The molecule has 1 fully saturated rings. The molecule has 0 bridgehead atoms. The van der Waals surface area contributed by atoms with Crippen LogP contribution in [0.25, 0.3) is 0 Å². The Morgan fingerprint density at radius 3 is 2.30 bits per heavy atom. The standard InChI is InChI=1S/C18H17F2NO2/c19-15-8-7-14(10-16(15)20)18(21-9-1-2-17(21)23)13-5-3-12(11-22)4-6-13/h3-8,10,18,22H,1-2,9,11H2.